The van der Waals surface area contributed by atoms with Gasteiger partial charge in [0.05, 0.1) is 6.61 Å². The van der Waals surface area contributed by atoms with Crippen molar-refractivity contribution in [1.29, 1.82) is 0 Å². The number of aryl methyl sites for hydroxylation is 1. The van der Waals surface area contributed by atoms with Gasteiger partial charge in [-0.15, -0.1) is 0 Å². The van der Waals surface area contributed by atoms with Crippen LogP contribution >= 0.6 is 0 Å². The van der Waals surface area contributed by atoms with Crippen LogP contribution in [0.3, 0.4) is 0 Å². The first kappa shape index (κ1) is 13.2. The maximum absolute atomic E-state index is 11.4. The average Bonchev–Trinajstić information content (AvgIpc) is 2.17. The van der Waals surface area contributed by atoms with Gasteiger partial charge in [0.2, 0.25) is 0 Å². The predicted octanol–water partition coefficient (Wildman–Crippen LogP) is 0.400. The Morgan fingerprint density at radius 2 is 1.94 bits per heavy atom. The summed E-state index contributed by atoms with van der Waals surface area (Å²) in [6, 6.07) is 6.62. The van der Waals surface area contributed by atoms with Gasteiger partial charge < -0.3 is 10.8 Å². The van der Waals surface area contributed by atoms with Crippen molar-refractivity contribution in [2.75, 3.05) is 12.9 Å². The molecule has 0 saturated heterocycles. The lowest BCUT2D eigenvalue weighted by molar-refractivity contribution is 0.278. The summed E-state index contributed by atoms with van der Waals surface area (Å²) in [6.07, 6.45) is 1.09. The maximum atomic E-state index is 11.4. The van der Waals surface area contributed by atoms with Crippen molar-refractivity contribution in [3.05, 3.63) is 35.4 Å². The second kappa shape index (κ2) is 4.95. The molecule has 1 aromatic carbocycles. The van der Waals surface area contributed by atoms with E-state index in [1.165, 1.54) is 0 Å². The third kappa shape index (κ3) is 2.81. The highest BCUT2D eigenvalue weighted by molar-refractivity contribution is 7.91. The number of nitrogens with two attached hydrogens (primary N) is 1. The van der Waals surface area contributed by atoms with Gasteiger partial charge in [0, 0.05) is 12.3 Å². The lowest BCUT2D eigenvalue weighted by atomic mass is 10.00. The van der Waals surface area contributed by atoms with E-state index in [4.69, 9.17) is 10.8 Å². The molecule has 16 heavy (non-hydrogen) atoms. The number of hydrogen-bond donors (Lipinski definition) is 2. The van der Waals surface area contributed by atoms with Crippen molar-refractivity contribution in [1.82, 2.24) is 0 Å². The zero-order chi connectivity index (χ0) is 12.3. The lowest BCUT2D eigenvalue weighted by Crippen LogP contribution is -2.36. The molecule has 4 nitrogen and oxygen atoms in total. The minimum absolute atomic E-state index is 0.464. The molecule has 0 heterocycles. The molecule has 0 aliphatic carbocycles. The molecule has 0 aliphatic heterocycles. The Hall–Kier alpha value is -0.910. The summed E-state index contributed by atoms with van der Waals surface area (Å²) in [6.45, 7) is 1.40. The molecule has 0 unspecified atom stereocenters. The van der Waals surface area contributed by atoms with Crippen LogP contribution in [0.5, 0.6) is 0 Å². The Morgan fingerprint density at radius 1 is 1.38 bits per heavy atom. The maximum Gasteiger partial charge on any atom is 0.154 e. The number of hydrogen-bond acceptors (Lipinski definition) is 4. The van der Waals surface area contributed by atoms with E-state index >= 15 is 0 Å². The monoisotopic (exact) mass is 243 g/mol. The summed E-state index contributed by atoms with van der Waals surface area (Å²) in [7, 11) is -3.35. The summed E-state index contributed by atoms with van der Waals surface area (Å²) in [5, 5.41) is 8.17. The van der Waals surface area contributed by atoms with E-state index in [-0.39, 0.29) is 0 Å². The minimum Gasteiger partial charge on any atom is -0.395 e. The molecule has 0 aliphatic rings. The first-order valence-electron chi connectivity index (χ1n) is 4.98. The average molecular weight is 243 g/mol. The molecule has 0 saturated carbocycles. The Bertz CT molecular complexity index is 456. The van der Waals surface area contributed by atoms with Gasteiger partial charge in [-0.1, -0.05) is 24.3 Å². The number of benzene rings is 1. The molecule has 0 radical (unpaired) electrons. The fourth-order valence-corrected chi connectivity index (χ4v) is 2.63. The van der Waals surface area contributed by atoms with Gasteiger partial charge in [-0.3, -0.25) is 0 Å². The predicted molar refractivity (Wildman–Crippen MR) is 63.8 cm³/mol. The van der Waals surface area contributed by atoms with Crippen molar-refractivity contribution >= 4 is 9.84 Å². The molecular weight excluding hydrogens is 226 g/mol. The van der Waals surface area contributed by atoms with Gasteiger partial charge in [0.1, 0.15) is 5.25 Å². The van der Waals surface area contributed by atoms with E-state index in [2.05, 4.69) is 0 Å². The molecule has 3 N–H and O–H groups in total. The van der Waals surface area contributed by atoms with Crippen LogP contribution in [0.15, 0.2) is 24.3 Å². The molecule has 1 aromatic rings. The van der Waals surface area contributed by atoms with Crippen LogP contribution in [0, 0.1) is 6.92 Å². The van der Waals surface area contributed by atoms with Crippen molar-refractivity contribution in [3.8, 4) is 0 Å². The van der Waals surface area contributed by atoms with E-state index in [1.54, 1.807) is 12.1 Å². The van der Waals surface area contributed by atoms with Gasteiger partial charge in [-0.25, -0.2) is 8.42 Å². The van der Waals surface area contributed by atoms with Crippen molar-refractivity contribution < 1.29 is 13.5 Å². The van der Waals surface area contributed by atoms with Crippen molar-refractivity contribution in [2.45, 2.75) is 18.2 Å². The van der Waals surface area contributed by atoms with Gasteiger partial charge >= 0.3 is 0 Å². The topological polar surface area (TPSA) is 80.4 Å². The van der Waals surface area contributed by atoms with Gasteiger partial charge in [-0.2, -0.15) is 0 Å². The fourth-order valence-electron chi connectivity index (χ4n) is 1.68. The van der Waals surface area contributed by atoms with Gasteiger partial charge in [-0.05, 0) is 18.1 Å². The summed E-state index contributed by atoms with van der Waals surface area (Å²) in [5.41, 5.74) is 7.58. The first-order valence-corrected chi connectivity index (χ1v) is 6.94. The molecule has 0 aromatic heterocycles. The summed E-state index contributed by atoms with van der Waals surface area (Å²) >= 11 is 0. The Balaban J connectivity index is 3.10. The molecule has 1 rings (SSSR count). The molecular formula is C11H17NO3S. The van der Waals surface area contributed by atoms with Crippen molar-refractivity contribution in [3.63, 3.8) is 0 Å². The molecule has 0 bridgehead atoms. The largest absolute Gasteiger partial charge is 0.395 e. The smallest absolute Gasteiger partial charge is 0.154 e. The summed E-state index contributed by atoms with van der Waals surface area (Å²) in [4.78, 5) is 0. The lowest BCUT2D eigenvalue weighted by Gasteiger charge is -2.22. The molecule has 0 spiro atoms. The number of aliphatic hydroxyl groups excluding tert-OH is 1. The molecule has 0 amide bonds. The second-order valence-corrected chi connectivity index (χ2v) is 6.20. The SMILES string of the molecule is Cc1ccccc1[C@H](N)[C@H](CO)S(C)(=O)=O. The van der Waals surface area contributed by atoms with E-state index in [9.17, 15) is 8.42 Å². The quantitative estimate of drug-likeness (QED) is 0.802. The van der Waals surface area contributed by atoms with E-state index < -0.39 is 27.7 Å². The highest BCUT2D eigenvalue weighted by Gasteiger charge is 2.28. The fraction of sp³-hybridized carbons (Fsp3) is 0.455. The van der Waals surface area contributed by atoms with Crippen LogP contribution in [0.4, 0.5) is 0 Å². The van der Waals surface area contributed by atoms with Gasteiger partial charge in [0.15, 0.2) is 9.84 Å². The van der Waals surface area contributed by atoms with Crippen LogP contribution in [0.25, 0.3) is 0 Å². The summed E-state index contributed by atoms with van der Waals surface area (Å²) in [5.74, 6) is 0. The zero-order valence-corrected chi connectivity index (χ0v) is 10.2. The van der Waals surface area contributed by atoms with E-state index in [0.29, 0.717) is 0 Å². The third-order valence-corrected chi connectivity index (χ3v) is 4.22. The highest BCUT2D eigenvalue weighted by atomic mass is 32.2. The van der Waals surface area contributed by atoms with Gasteiger partial charge in [0.25, 0.3) is 0 Å². The van der Waals surface area contributed by atoms with Crippen LogP contribution in [0.1, 0.15) is 17.2 Å². The zero-order valence-electron chi connectivity index (χ0n) is 9.42. The minimum atomic E-state index is -3.35. The third-order valence-electron chi connectivity index (χ3n) is 2.68. The standard InChI is InChI=1S/C11H17NO3S/c1-8-5-3-4-6-9(8)11(12)10(7-13)16(2,14)15/h3-6,10-11,13H,7,12H2,1-2H3/t10-,11-/m0/s1. The Morgan fingerprint density at radius 3 is 2.38 bits per heavy atom. The number of rotatable bonds is 4. The van der Waals surface area contributed by atoms with E-state index in [0.717, 1.165) is 17.4 Å². The molecule has 0 fully saturated rings. The van der Waals surface area contributed by atoms with Crippen LogP contribution in [-0.2, 0) is 9.84 Å². The van der Waals surface area contributed by atoms with Crippen LogP contribution in [-0.4, -0.2) is 31.6 Å². The highest BCUT2D eigenvalue weighted by Crippen LogP contribution is 2.22. The Kier molecular flexibility index (Phi) is 4.07. The van der Waals surface area contributed by atoms with Crippen molar-refractivity contribution in [2.24, 2.45) is 5.73 Å². The molecule has 5 heteroatoms. The molecule has 90 valence electrons. The number of aliphatic hydroxyl groups is 1. The normalized spacial score (nSPS) is 15.8. The summed E-state index contributed by atoms with van der Waals surface area (Å²) < 4.78 is 22.9. The van der Waals surface area contributed by atoms with Crippen LogP contribution in [0.2, 0.25) is 0 Å². The second-order valence-electron chi connectivity index (χ2n) is 3.93. The number of sulfone groups is 1. The molecule has 2 atom stereocenters. The van der Waals surface area contributed by atoms with Crippen LogP contribution < -0.4 is 5.73 Å². The first-order chi connectivity index (χ1) is 7.38. The van der Waals surface area contributed by atoms with E-state index in [1.807, 2.05) is 19.1 Å². The Labute approximate surface area is 96.0 Å².